The van der Waals surface area contributed by atoms with Crippen molar-refractivity contribution in [3.8, 4) is 0 Å². The summed E-state index contributed by atoms with van der Waals surface area (Å²) in [5, 5.41) is 0. The Morgan fingerprint density at radius 1 is 1.21 bits per heavy atom. The minimum atomic E-state index is -3.39. The number of halogens is 1. The SMILES string of the molecule is CN(C(=O)c1ccc2c(c1)CCN2S(C)(=O)=O)C(C(N)=O)c1cccc(F)c1. The molecule has 0 fully saturated rings. The fraction of sp³-hybridized carbons (Fsp3) is 0.263. The third-order valence-corrected chi connectivity index (χ3v) is 5.90. The number of likely N-dealkylation sites (N-methyl/N-ethyl adjacent to an activating group) is 1. The first-order chi connectivity index (χ1) is 13.1. The maximum Gasteiger partial charge on any atom is 0.254 e. The standard InChI is InChI=1S/C19H20FN3O4S/c1-22(17(18(21)24)13-4-3-5-15(20)11-13)19(25)14-6-7-16-12(10-14)8-9-23(16)28(2,26)27/h3-7,10-11,17H,8-9H2,1-2H3,(H2,21,24). The van der Waals surface area contributed by atoms with Crippen molar-refractivity contribution in [2.45, 2.75) is 12.5 Å². The number of benzene rings is 2. The number of amides is 2. The number of nitrogens with two attached hydrogens (primary N) is 1. The smallest absolute Gasteiger partial charge is 0.254 e. The molecule has 148 valence electrons. The molecule has 2 amide bonds. The van der Waals surface area contributed by atoms with Crippen molar-refractivity contribution < 1.29 is 22.4 Å². The first-order valence-electron chi connectivity index (χ1n) is 8.52. The largest absolute Gasteiger partial charge is 0.368 e. The van der Waals surface area contributed by atoms with Crippen molar-refractivity contribution in [1.82, 2.24) is 4.90 Å². The van der Waals surface area contributed by atoms with Crippen molar-refractivity contribution in [1.29, 1.82) is 0 Å². The Hall–Kier alpha value is -2.94. The quantitative estimate of drug-likeness (QED) is 0.813. The van der Waals surface area contributed by atoms with E-state index in [1.165, 1.54) is 35.6 Å². The van der Waals surface area contributed by atoms with Crippen LogP contribution >= 0.6 is 0 Å². The van der Waals surface area contributed by atoms with Crippen LogP contribution in [0.25, 0.3) is 0 Å². The zero-order valence-corrected chi connectivity index (χ0v) is 16.2. The van der Waals surface area contributed by atoms with E-state index < -0.39 is 33.7 Å². The normalized spacial score (nSPS) is 14.5. The molecular weight excluding hydrogens is 385 g/mol. The average Bonchev–Trinajstić information content (AvgIpc) is 3.04. The second-order valence-electron chi connectivity index (χ2n) is 6.70. The summed E-state index contributed by atoms with van der Waals surface area (Å²) in [7, 11) is -1.97. The third kappa shape index (κ3) is 3.70. The van der Waals surface area contributed by atoms with Crippen LogP contribution in [0.4, 0.5) is 10.1 Å². The molecule has 0 bridgehead atoms. The van der Waals surface area contributed by atoms with Crippen LogP contribution in [0.5, 0.6) is 0 Å². The molecule has 1 atom stereocenters. The van der Waals surface area contributed by atoms with Gasteiger partial charge in [0.2, 0.25) is 15.9 Å². The summed E-state index contributed by atoms with van der Waals surface area (Å²) in [6.45, 7) is 0.314. The monoisotopic (exact) mass is 405 g/mol. The number of hydrogen-bond acceptors (Lipinski definition) is 4. The van der Waals surface area contributed by atoms with Gasteiger partial charge in [-0.05, 0) is 47.9 Å². The molecule has 2 aromatic rings. The molecule has 0 spiro atoms. The molecule has 1 aliphatic heterocycles. The number of hydrogen-bond donors (Lipinski definition) is 1. The molecule has 0 saturated carbocycles. The Balaban J connectivity index is 1.92. The highest BCUT2D eigenvalue weighted by Crippen LogP contribution is 2.31. The maximum atomic E-state index is 13.6. The molecule has 28 heavy (non-hydrogen) atoms. The van der Waals surface area contributed by atoms with Crippen LogP contribution < -0.4 is 10.0 Å². The number of sulfonamides is 1. The summed E-state index contributed by atoms with van der Waals surface area (Å²) in [5.41, 5.74) is 7.29. The molecule has 2 aromatic carbocycles. The number of primary amides is 1. The molecule has 1 unspecified atom stereocenters. The van der Waals surface area contributed by atoms with Gasteiger partial charge in [-0.2, -0.15) is 0 Å². The van der Waals surface area contributed by atoms with Crippen molar-refractivity contribution in [3.63, 3.8) is 0 Å². The molecule has 3 rings (SSSR count). The molecule has 0 aromatic heterocycles. The van der Waals surface area contributed by atoms with E-state index in [9.17, 15) is 22.4 Å². The molecule has 7 nitrogen and oxygen atoms in total. The van der Waals surface area contributed by atoms with Crippen LogP contribution in [-0.4, -0.2) is 45.0 Å². The predicted octanol–water partition coefficient (Wildman–Crippen LogP) is 1.45. The van der Waals surface area contributed by atoms with E-state index in [0.717, 1.165) is 22.8 Å². The first kappa shape index (κ1) is 19.8. The molecule has 9 heteroatoms. The fourth-order valence-corrected chi connectivity index (χ4v) is 4.38. The van der Waals surface area contributed by atoms with E-state index in [0.29, 0.717) is 24.2 Å². The molecule has 2 N–H and O–H groups in total. The van der Waals surface area contributed by atoms with Crippen molar-refractivity contribution in [3.05, 3.63) is 65.0 Å². The number of carbonyl (C=O) groups excluding carboxylic acids is 2. The topological polar surface area (TPSA) is 101 Å². The predicted molar refractivity (Wildman–Crippen MR) is 103 cm³/mol. The summed E-state index contributed by atoms with van der Waals surface area (Å²) in [6.07, 6.45) is 1.61. The Bertz CT molecular complexity index is 1050. The summed E-state index contributed by atoms with van der Waals surface area (Å²) in [4.78, 5) is 26.0. The van der Waals surface area contributed by atoms with Gasteiger partial charge in [-0.25, -0.2) is 12.8 Å². The molecule has 0 saturated heterocycles. The highest BCUT2D eigenvalue weighted by Gasteiger charge is 2.30. The van der Waals surface area contributed by atoms with Gasteiger partial charge in [0.15, 0.2) is 0 Å². The highest BCUT2D eigenvalue weighted by atomic mass is 32.2. The number of fused-ring (bicyclic) bond motifs is 1. The lowest BCUT2D eigenvalue weighted by molar-refractivity contribution is -0.122. The molecule has 0 aliphatic carbocycles. The average molecular weight is 405 g/mol. The van der Waals surface area contributed by atoms with Gasteiger partial charge < -0.3 is 10.6 Å². The molecule has 1 aliphatic rings. The van der Waals surface area contributed by atoms with Gasteiger partial charge in [-0.15, -0.1) is 0 Å². The Kier molecular flexibility index (Phi) is 5.12. The number of rotatable bonds is 5. The van der Waals surface area contributed by atoms with Gasteiger partial charge in [0.25, 0.3) is 5.91 Å². The summed E-state index contributed by atoms with van der Waals surface area (Å²) < 4.78 is 38.5. The Morgan fingerprint density at radius 3 is 2.54 bits per heavy atom. The van der Waals surface area contributed by atoms with E-state index in [-0.39, 0.29) is 5.56 Å². The zero-order chi connectivity index (χ0) is 20.6. The van der Waals surface area contributed by atoms with Gasteiger partial charge in [-0.1, -0.05) is 12.1 Å². The van der Waals surface area contributed by atoms with E-state index in [1.54, 1.807) is 12.1 Å². The second kappa shape index (κ2) is 7.23. The molecular formula is C19H20FN3O4S. The van der Waals surface area contributed by atoms with Gasteiger partial charge in [0.1, 0.15) is 11.9 Å². The van der Waals surface area contributed by atoms with Crippen molar-refractivity contribution in [2.24, 2.45) is 5.73 Å². The lowest BCUT2D eigenvalue weighted by Crippen LogP contribution is -2.39. The van der Waals surface area contributed by atoms with Gasteiger partial charge in [0, 0.05) is 19.2 Å². The minimum absolute atomic E-state index is 0.271. The Morgan fingerprint density at radius 2 is 1.93 bits per heavy atom. The van der Waals surface area contributed by atoms with Crippen LogP contribution in [-0.2, 0) is 21.2 Å². The van der Waals surface area contributed by atoms with E-state index >= 15 is 0 Å². The van der Waals surface area contributed by atoms with Crippen molar-refractivity contribution >= 4 is 27.5 Å². The number of carbonyl (C=O) groups is 2. The van der Waals surface area contributed by atoms with Gasteiger partial charge >= 0.3 is 0 Å². The summed E-state index contributed by atoms with van der Waals surface area (Å²) in [6, 6.07) is 8.91. The van der Waals surface area contributed by atoms with Gasteiger partial charge in [0.05, 0.1) is 11.9 Å². The number of anilines is 1. The lowest BCUT2D eigenvalue weighted by atomic mass is 10.0. The number of nitrogens with zero attached hydrogens (tertiary/aromatic N) is 2. The van der Waals surface area contributed by atoms with Crippen LogP contribution in [0, 0.1) is 5.82 Å². The van der Waals surface area contributed by atoms with E-state index in [4.69, 9.17) is 5.73 Å². The van der Waals surface area contributed by atoms with E-state index in [2.05, 4.69) is 0 Å². The summed E-state index contributed by atoms with van der Waals surface area (Å²) in [5.74, 6) is -1.80. The van der Waals surface area contributed by atoms with Gasteiger partial charge in [-0.3, -0.25) is 13.9 Å². The lowest BCUT2D eigenvalue weighted by Gasteiger charge is -2.26. The maximum absolute atomic E-state index is 13.6. The molecule has 1 heterocycles. The Labute approximate surface area is 162 Å². The minimum Gasteiger partial charge on any atom is -0.368 e. The fourth-order valence-electron chi connectivity index (χ4n) is 3.43. The van der Waals surface area contributed by atoms with Crippen LogP contribution in [0.3, 0.4) is 0 Å². The molecule has 0 radical (unpaired) electrons. The van der Waals surface area contributed by atoms with E-state index in [1.807, 2.05) is 0 Å². The third-order valence-electron chi connectivity index (χ3n) is 4.72. The summed E-state index contributed by atoms with van der Waals surface area (Å²) >= 11 is 0. The zero-order valence-electron chi connectivity index (χ0n) is 15.4. The highest BCUT2D eigenvalue weighted by molar-refractivity contribution is 7.92. The van der Waals surface area contributed by atoms with Crippen LogP contribution in [0.2, 0.25) is 0 Å². The van der Waals surface area contributed by atoms with Crippen LogP contribution in [0.15, 0.2) is 42.5 Å². The van der Waals surface area contributed by atoms with Crippen molar-refractivity contribution in [2.75, 3.05) is 24.2 Å². The second-order valence-corrected chi connectivity index (χ2v) is 8.61. The van der Waals surface area contributed by atoms with Crippen LogP contribution in [0.1, 0.15) is 27.5 Å². The first-order valence-corrected chi connectivity index (χ1v) is 10.4.